The van der Waals surface area contributed by atoms with Crippen LogP contribution in [0.5, 0.6) is 0 Å². The lowest BCUT2D eigenvalue weighted by atomic mass is 9.96. The number of benzene rings is 1. The first-order chi connectivity index (χ1) is 10.0. The Morgan fingerprint density at radius 3 is 2.67 bits per heavy atom. The topological polar surface area (TPSA) is 83.6 Å². The summed E-state index contributed by atoms with van der Waals surface area (Å²) in [6.45, 7) is 4.01. The van der Waals surface area contributed by atoms with Crippen molar-refractivity contribution in [1.82, 2.24) is 4.90 Å². The quantitative estimate of drug-likeness (QED) is 0.822. The number of carbonyl (C=O) groups excluding carboxylic acids is 1. The summed E-state index contributed by atoms with van der Waals surface area (Å²) in [6, 6.07) is 8.74. The van der Waals surface area contributed by atoms with Crippen LogP contribution in [0.15, 0.2) is 48.2 Å². The van der Waals surface area contributed by atoms with E-state index in [1.54, 1.807) is 0 Å². The van der Waals surface area contributed by atoms with Gasteiger partial charge in [0.15, 0.2) is 0 Å². The molecule has 3 rings (SSSR count). The molecule has 2 aliphatic rings. The summed E-state index contributed by atoms with van der Waals surface area (Å²) in [5, 5.41) is 9.21. The molecule has 5 nitrogen and oxygen atoms in total. The minimum atomic E-state index is -1.12. The van der Waals surface area contributed by atoms with Crippen molar-refractivity contribution in [3.05, 3.63) is 53.7 Å². The number of carboxylic acid groups (broad SMARTS) is 1. The maximum Gasteiger partial charge on any atom is 0.352 e. The maximum absolute atomic E-state index is 11.9. The fourth-order valence-corrected chi connectivity index (χ4v) is 3.89. The molecule has 1 aromatic carbocycles. The summed E-state index contributed by atoms with van der Waals surface area (Å²) < 4.78 is 0. The Kier molecular flexibility index (Phi) is 3.35. The molecule has 2 atom stereocenters. The van der Waals surface area contributed by atoms with Crippen LogP contribution in [-0.4, -0.2) is 39.1 Å². The number of rotatable bonds is 3. The minimum absolute atomic E-state index is 0.0132. The maximum atomic E-state index is 11.9. The summed E-state index contributed by atoms with van der Waals surface area (Å²) in [6.07, 6.45) is 0. The number of hydrogen-bond acceptors (Lipinski definition) is 4. The minimum Gasteiger partial charge on any atom is -0.477 e. The second-order valence-corrected chi connectivity index (χ2v) is 6.02. The zero-order valence-electron chi connectivity index (χ0n) is 11.2. The van der Waals surface area contributed by atoms with E-state index in [2.05, 4.69) is 6.58 Å². The van der Waals surface area contributed by atoms with E-state index >= 15 is 0 Å². The van der Waals surface area contributed by atoms with Crippen LogP contribution in [0.3, 0.4) is 0 Å². The van der Waals surface area contributed by atoms with Crippen molar-refractivity contribution in [2.75, 3.05) is 5.75 Å². The van der Waals surface area contributed by atoms with E-state index in [1.807, 2.05) is 30.3 Å². The van der Waals surface area contributed by atoms with Crippen LogP contribution >= 0.6 is 11.8 Å². The van der Waals surface area contributed by atoms with E-state index in [-0.39, 0.29) is 17.0 Å². The molecule has 3 N–H and O–H groups in total. The predicted molar refractivity (Wildman–Crippen MR) is 81.2 cm³/mol. The molecule has 1 saturated heterocycles. The average Bonchev–Trinajstić information content (AvgIpc) is 2.52. The number of nitrogens with two attached hydrogens (primary N) is 1. The molecular weight excluding hydrogens is 288 g/mol. The van der Waals surface area contributed by atoms with Crippen LogP contribution in [-0.2, 0) is 9.59 Å². The van der Waals surface area contributed by atoms with Gasteiger partial charge in [-0.3, -0.25) is 9.69 Å². The molecule has 1 aromatic rings. The molecule has 2 heterocycles. The number of aliphatic carboxylic acids is 1. The normalized spacial score (nSPS) is 24.4. The molecule has 0 saturated carbocycles. The van der Waals surface area contributed by atoms with Gasteiger partial charge in [0.2, 0.25) is 5.91 Å². The Bertz CT molecular complexity index is 669. The Morgan fingerprint density at radius 1 is 1.38 bits per heavy atom. The van der Waals surface area contributed by atoms with Crippen molar-refractivity contribution in [3.63, 3.8) is 0 Å². The smallest absolute Gasteiger partial charge is 0.352 e. The highest BCUT2D eigenvalue weighted by Gasteiger charge is 2.51. The van der Waals surface area contributed by atoms with Crippen molar-refractivity contribution in [2.45, 2.75) is 11.4 Å². The van der Waals surface area contributed by atoms with Gasteiger partial charge in [-0.15, -0.1) is 11.8 Å². The number of nitrogens with zero attached hydrogens (tertiary/aromatic N) is 1. The first-order valence-electron chi connectivity index (χ1n) is 6.43. The van der Waals surface area contributed by atoms with Crippen LogP contribution in [0.2, 0.25) is 0 Å². The molecule has 0 spiro atoms. The number of carbonyl (C=O) groups is 2. The zero-order chi connectivity index (χ0) is 15.1. The van der Waals surface area contributed by atoms with E-state index in [9.17, 15) is 14.7 Å². The number of β-lactam (4-membered cyclic amide) rings is 1. The summed E-state index contributed by atoms with van der Waals surface area (Å²) >= 11 is 1.48. The SMILES string of the molecule is C=C(C1=C(C(=O)O)N2C(=O)C(N)C2SC1)c1ccccc1. The molecule has 0 radical (unpaired) electrons. The second kappa shape index (κ2) is 5.05. The van der Waals surface area contributed by atoms with Crippen LogP contribution in [0.25, 0.3) is 5.57 Å². The third kappa shape index (κ3) is 2.07. The molecule has 1 amide bonds. The molecule has 0 bridgehead atoms. The molecule has 2 aliphatic heterocycles. The zero-order valence-corrected chi connectivity index (χ0v) is 12.0. The lowest BCUT2D eigenvalue weighted by molar-refractivity contribution is -0.147. The summed E-state index contributed by atoms with van der Waals surface area (Å²) in [7, 11) is 0. The number of carboxylic acids is 1. The standard InChI is InChI=1S/C15H14N2O3S/c1-8(9-5-3-2-4-6-9)10-7-21-14-11(16)13(18)17(14)12(10)15(19)20/h2-6,11,14H,1,7,16H2,(H,19,20). The molecule has 0 aliphatic carbocycles. The third-order valence-electron chi connectivity index (χ3n) is 3.70. The Morgan fingerprint density at radius 2 is 2.05 bits per heavy atom. The fourth-order valence-electron chi connectivity index (χ4n) is 2.56. The van der Waals surface area contributed by atoms with Gasteiger partial charge in [0.1, 0.15) is 17.1 Å². The highest BCUT2D eigenvalue weighted by atomic mass is 32.2. The van der Waals surface area contributed by atoms with Gasteiger partial charge in [0.05, 0.1) is 0 Å². The van der Waals surface area contributed by atoms with Crippen molar-refractivity contribution >= 4 is 29.2 Å². The first-order valence-corrected chi connectivity index (χ1v) is 7.48. The molecule has 1 fully saturated rings. The first kappa shape index (κ1) is 13.9. The molecule has 6 heteroatoms. The lowest BCUT2D eigenvalue weighted by Crippen LogP contribution is -2.68. The van der Waals surface area contributed by atoms with Crippen LogP contribution < -0.4 is 5.73 Å². The Balaban J connectivity index is 2.05. The van der Waals surface area contributed by atoms with E-state index in [4.69, 9.17) is 5.73 Å². The number of hydrogen-bond donors (Lipinski definition) is 2. The van der Waals surface area contributed by atoms with Gasteiger partial charge in [-0.25, -0.2) is 4.79 Å². The number of thioether (sulfide) groups is 1. The van der Waals surface area contributed by atoms with Gasteiger partial charge >= 0.3 is 5.97 Å². The fraction of sp³-hybridized carbons (Fsp3) is 0.200. The van der Waals surface area contributed by atoms with E-state index in [0.29, 0.717) is 16.9 Å². The molecular formula is C15H14N2O3S. The number of fused-ring (bicyclic) bond motifs is 1. The molecule has 0 aromatic heterocycles. The summed E-state index contributed by atoms with van der Waals surface area (Å²) in [5.41, 5.74) is 7.80. The lowest BCUT2D eigenvalue weighted by Gasteiger charge is -2.48. The highest BCUT2D eigenvalue weighted by Crippen LogP contribution is 2.42. The van der Waals surface area contributed by atoms with Crippen LogP contribution in [0.4, 0.5) is 0 Å². The van der Waals surface area contributed by atoms with Crippen LogP contribution in [0, 0.1) is 0 Å². The monoisotopic (exact) mass is 302 g/mol. The van der Waals surface area contributed by atoms with Gasteiger partial charge < -0.3 is 10.8 Å². The number of allylic oxidation sites excluding steroid dienone is 1. The predicted octanol–water partition coefficient (Wildman–Crippen LogP) is 1.28. The van der Waals surface area contributed by atoms with Crippen molar-refractivity contribution < 1.29 is 14.7 Å². The van der Waals surface area contributed by atoms with Crippen molar-refractivity contribution in [2.24, 2.45) is 5.73 Å². The average molecular weight is 302 g/mol. The van der Waals surface area contributed by atoms with E-state index < -0.39 is 12.0 Å². The molecule has 108 valence electrons. The van der Waals surface area contributed by atoms with Crippen molar-refractivity contribution in [3.8, 4) is 0 Å². The number of amides is 1. The second-order valence-electron chi connectivity index (χ2n) is 4.91. The van der Waals surface area contributed by atoms with E-state index in [1.165, 1.54) is 16.7 Å². The van der Waals surface area contributed by atoms with Gasteiger partial charge in [-0.05, 0) is 11.1 Å². The van der Waals surface area contributed by atoms with Gasteiger partial charge in [0.25, 0.3) is 0 Å². The van der Waals surface area contributed by atoms with Gasteiger partial charge in [0, 0.05) is 11.3 Å². The molecule has 2 unspecified atom stereocenters. The summed E-state index contributed by atoms with van der Waals surface area (Å²) in [4.78, 5) is 24.8. The largest absolute Gasteiger partial charge is 0.477 e. The molecule has 21 heavy (non-hydrogen) atoms. The van der Waals surface area contributed by atoms with Gasteiger partial charge in [-0.1, -0.05) is 36.9 Å². The van der Waals surface area contributed by atoms with Gasteiger partial charge in [-0.2, -0.15) is 0 Å². The highest BCUT2D eigenvalue weighted by molar-refractivity contribution is 8.00. The Labute approximate surface area is 126 Å². The summed E-state index contributed by atoms with van der Waals surface area (Å²) in [5.74, 6) is -0.979. The Hall–Kier alpha value is -2.05. The van der Waals surface area contributed by atoms with Crippen molar-refractivity contribution in [1.29, 1.82) is 0 Å². The third-order valence-corrected chi connectivity index (χ3v) is 5.00. The van der Waals surface area contributed by atoms with Crippen LogP contribution in [0.1, 0.15) is 5.56 Å². The van der Waals surface area contributed by atoms with E-state index in [0.717, 1.165) is 5.56 Å².